The Labute approximate surface area is 103 Å². The van der Waals surface area contributed by atoms with Gasteiger partial charge in [0.05, 0.1) is 0 Å². The molecule has 17 heavy (non-hydrogen) atoms. The van der Waals surface area contributed by atoms with Crippen molar-refractivity contribution in [2.75, 3.05) is 33.9 Å². The Hall–Kier alpha value is -1.06. The zero-order valence-corrected chi connectivity index (χ0v) is 10.6. The van der Waals surface area contributed by atoms with E-state index in [9.17, 15) is 5.11 Å². The van der Waals surface area contributed by atoms with Crippen LogP contribution in [0.15, 0.2) is 24.3 Å². The highest BCUT2D eigenvalue weighted by molar-refractivity contribution is 5.39. The van der Waals surface area contributed by atoms with Crippen molar-refractivity contribution in [2.24, 2.45) is 0 Å². The summed E-state index contributed by atoms with van der Waals surface area (Å²) in [6.45, 7) is 2.51. The van der Waals surface area contributed by atoms with E-state index in [1.54, 1.807) is 6.07 Å². The van der Waals surface area contributed by atoms with Crippen LogP contribution in [0.1, 0.15) is 18.4 Å². The molecule has 0 bridgehead atoms. The zero-order chi connectivity index (χ0) is 12.3. The van der Waals surface area contributed by atoms with Gasteiger partial charge >= 0.3 is 0 Å². The highest BCUT2D eigenvalue weighted by Gasteiger charge is 2.36. The molecule has 3 heteroatoms. The number of ether oxygens (including phenoxy) is 1. The van der Waals surface area contributed by atoms with Crippen LogP contribution < -0.4 is 0 Å². The molecule has 0 aliphatic carbocycles. The van der Waals surface area contributed by atoms with Crippen molar-refractivity contribution in [2.45, 2.75) is 18.3 Å². The van der Waals surface area contributed by atoms with E-state index >= 15 is 0 Å². The van der Waals surface area contributed by atoms with E-state index in [2.05, 4.69) is 19.0 Å². The first-order valence-electron chi connectivity index (χ1n) is 6.15. The Bertz CT molecular complexity index is 370. The summed E-state index contributed by atoms with van der Waals surface area (Å²) in [5, 5.41) is 10.1. The fourth-order valence-electron chi connectivity index (χ4n) is 2.80. The van der Waals surface area contributed by atoms with Crippen LogP contribution in [0.3, 0.4) is 0 Å². The SMILES string of the molecule is CN(C)CC1(c2ccccc2O)CCOCC1. The summed E-state index contributed by atoms with van der Waals surface area (Å²) >= 11 is 0. The summed E-state index contributed by atoms with van der Waals surface area (Å²) in [5.74, 6) is 0.413. The largest absolute Gasteiger partial charge is 0.508 e. The van der Waals surface area contributed by atoms with E-state index in [1.807, 2.05) is 18.2 Å². The molecule has 0 amide bonds. The maximum absolute atomic E-state index is 10.1. The first kappa shape index (κ1) is 12.4. The van der Waals surface area contributed by atoms with Crippen molar-refractivity contribution in [3.8, 4) is 5.75 Å². The molecule has 1 N–H and O–H groups in total. The fourth-order valence-corrected chi connectivity index (χ4v) is 2.80. The summed E-state index contributed by atoms with van der Waals surface area (Å²) in [6, 6.07) is 7.70. The van der Waals surface area contributed by atoms with Crippen LogP contribution in [-0.4, -0.2) is 43.9 Å². The molecule has 1 aliphatic rings. The quantitative estimate of drug-likeness (QED) is 0.870. The molecule has 2 rings (SSSR count). The van der Waals surface area contributed by atoms with E-state index in [-0.39, 0.29) is 5.41 Å². The summed E-state index contributed by atoms with van der Waals surface area (Å²) < 4.78 is 5.47. The molecule has 1 aromatic rings. The van der Waals surface area contributed by atoms with Crippen LogP contribution in [0.25, 0.3) is 0 Å². The van der Waals surface area contributed by atoms with Gasteiger partial charge in [-0.1, -0.05) is 18.2 Å². The first-order valence-corrected chi connectivity index (χ1v) is 6.15. The number of hydrogen-bond donors (Lipinski definition) is 1. The highest BCUT2D eigenvalue weighted by atomic mass is 16.5. The number of likely N-dealkylation sites (N-methyl/N-ethyl adjacent to an activating group) is 1. The molecule has 0 atom stereocenters. The Morgan fingerprint density at radius 3 is 2.47 bits per heavy atom. The minimum absolute atomic E-state index is 0.0348. The number of para-hydroxylation sites is 1. The van der Waals surface area contributed by atoms with Crippen molar-refractivity contribution in [3.63, 3.8) is 0 Å². The Morgan fingerprint density at radius 2 is 1.88 bits per heavy atom. The average molecular weight is 235 g/mol. The maximum Gasteiger partial charge on any atom is 0.119 e. The number of hydrogen-bond acceptors (Lipinski definition) is 3. The lowest BCUT2D eigenvalue weighted by molar-refractivity contribution is 0.0393. The molecular weight excluding hydrogens is 214 g/mol. The third-order valence-corrected chi connectivity index (χ3v) is 3.54. The number of benzene rings is 1. The van der Waals surface area contributed by atoms with Crippen LogP contribution in [0.2, 0.25) is 0 Å². The van der Waals surface area contributed by atoms with Gasteiger partial charge in [-0.3, -0.25) is 0 Å². The smallest absolute Gasteiger partial charge is 0.119 e. The van der Waals surface area contributed by atoms with Crippen LogP contribution in [0.5, 0.6) is 5.75 Å². The minimum atomic E-state index is 0.0348. The normalized spacial score (nSPS) is 19.5. The Kier molecular flexibility index (Phi) is 3.69. The van der Waals surface area contributed by atoms with Crippen LogP contribution >= 0.6 is 0 Å². The predicted octanol–water partition coefficient (Wildman–Crippen LogP) is 2.00. The maximum atomic E-state index is 10.1. The molecular formula is C14H21NO2. The lowest BCUT2D eigenvalue weighted by Crippen LogP contribution is -2.42. The van der Waals surface area contributed by atoms with E-state index in [0.717, 1.165) is 38.2 Å². The molecule has 1 heterocycles. The molecule has 1 saturated heterocycles. The second-order valence-electron chi connectivity index (χ2n) is 5.15. The third kappa shape index (κ3) is 2.61. The zero-order valence-electron chi connectivity index (χ0n) is 10.6. The molecule has 0 spiro atoms. The number of nitrogens with zero attached hydrogens (tertiary/aromatic N) is 1. The lowest BCUT2D eigenvalue weighted by atomic mass is 9.73. The highest BCUT2D eigenvalue weighted by Crippen LogP contribution is 2.39. The number of rotatable bonds is 3. The van der Waals surface area contributed by atoms with Gasteiger partial charge in [-0.25, -0.2) is 0 Å². The monoisotopic (exact) mass is 235 g/mol. The fraction of sp³-hybridized carbons (Fsp3) is 0.571. The van der Waals surface area contributed by atoms with Gasteiger partial charge in [0.25, 0.3) is 0 Å². The summed E-state index contributed by atoms with van der Waals surface area (Å²) in [5.41, 5.74) is 1.10. The molecule has 1 aliphatic heterocycles. The Balaban J connectivity index is 2.35. The topological polar surface area (TPSA) is 32.7 Å². The van der Waals surface area contributed by atoms with Crippen molar-refractivity contribution < 1.29 is 9.84 Å². The van der Waals surface area contributed by atoms with Crippen molar-refractivity contribution >= 4 is 0 Å². The lowest BCUT2D eigenvalue weighted by Gasteiger charge is -2.40. The van der Waals surface area contributed by atoms with Crippen molar-refractivity contribution in [1.82, 2.24) is 4.90 Å². The number of aromatic hydroxyl groups is 1. The second-order valence-corrected chi connectivity index (χ2v) is 5.15. The van der Waals surface area contributed by atoms with Crippen LogP contribution in [0, 0.1) is 0 Å². The van der Waals surface area contributed by atoms with Gasteiger partial charge in [-0.05, 0) is 33.0 Å². The van der Waals surface area contributed by atoms with E-state index in [1.165, 1.54) is 0 Å². The van der Waals surface area contributed by atoms with Crippen molar-refractivity contribution in [3.05, 3.63) is 29.8 Å². The second kappa shape index (κ2) is 5.07. The van der Waals surface area contributed by atoms with Gasteiger partial charge in [0.1, 0.15) is 5.75 Å². The van der Waals surface area contributed by atoms with E-state index in [4.69, 9.17) is 4.74 Å². The minimum Gasteiger partial charge on any atom is -0.508 e. The Morgan fingerprint density at radius 1 is 1.24 bits per heavy atom. The molecule has 94 valence electrons. The summed E-state index contributed by atoms with van der Waals surface area (Å²) in [6.07, 6.45) is 1.95. The van der Waals surface area contributed by atoms with Gasteiger partial charge in [-0.2, -0.15) is 0 Å². The van der Waals surface area contributed by atoms with Gasteiger partial charge < -0.3 is 14.7 Å². The molecule has 3 nitrogen and oxygen atoms in total. The summed E-state index contributed by atoms with van der Waals surface area (Å²) in [4.78, 5) is 2.19. The molecule has 0 radical (unpaired) electrons. The third-order valence-electron chi connectivity index (χ3n) is 3.54. The standard InChI is InChI=1S/C14H21NO2/c1-15(2)11-14(7-9-17-10-8-14)12-5-3-4-6-13(12)16/h3-6,16H,7-11H2,1-2H3. The van der Waals surface area contributed by atoms with Crippen LogP contribution in [-0.2, 0) is 10.2 Å². The van der Waals surface area contributed by atoms with E-state index < -0.39 is 0 Å². The van der Waals surface area contributed by atoms with Gasteiger partial charge in [0, 0.05) is 30.7 Å². The molecule has 1 aromatic carbocycles. The predicted molar refractivity (Wildman–Crippen MR) is 68.4 cm³/mol. The van der Waals surface area contributed by atoms with Crippen molar-refractivity contribution in [1.29, 1.82) is 0 Å². The average Bonchev–Trinajstić information content (AvgIpc) is 2.29. The number of phenols is 1. The molecule has 0 unspecified atom stereocenters. The first-order chi connectivity index (χ1) is 8.14. The van der Waals surface area contributed by atoms with E-state index in [0.29, 0.717) is 5.75 Å². The van der Waals surface area contributed by atoms with Gasteiger partial charge in [0.2, 0.25) is 0 Å². The van der Waals surface area contributed by atoms with Gasteiger partial charge in [-0.15, -0.1) is 0 Å². The molecule has 0 aromatic heterocycles. The summed E-state index contributed by atoms with van der Waals surface area (Å²) in [7, 11) is 4.16. The van der Waals surface area contributed by atoms with Gasteiger partial charge in [0.15, 0.2) is 0 Å². The number of phenolic OH excluding ortho intramolecular Hbond substituents is 1. The van der Waals surface area contributed by atoms with Crippen LogP contribution in [0.4, 0.5) is 0 Å². The molecule has 1 fully saturated rings. The molecule has 0 saturated carbocycles.